The van der Waals surface area contributed by atoms with Crippen LogP contribution >= 0.6 is 0 Å². The molecule has 2 unspecified atom stereocenters. The second-order valence-electron chi connectivity index (χ2n) is 3.42. The highest BCUT2D eigenvalue weighted by Crippen LogP contribution is 1.96. The van der Waals surface area contributed by atoms with Gasteiger partial charge in [0.15, 0.2) is 6.04 Å². The van der Waals surface area contributed by atoms with Crippen LogP contribution in [0, 0.1) is 0 Å². The molecule has 0 saturated carbocycles. The van der Waals surface area contributed by atoms with Crippen LogP contribution < -0.4 is 5.32 Å². The topological polar surface area (TPSA) is 95.9 Å². The number of hydrogen-bond donors (Lipinski definition) is 3. The number of carboxylic acids is 1. The fourth-order valence-corrected chi connectivity index (χ4v) is 1.11. The summed E-state index contributed by atoms with van der Waals surface area (Å²) in [5.74, 6) is -1.64. The van der Waals surface area contributed by atoms with Crippen LogP contribution in [-0.2, 0) is 14.3 Å². The average Bonchev–Trinajstić information content (AvgIpc) is 2.20. The normalized spacial score (nSPS) is 14.2. The lowest BCUT2D eigenvalue weighted by Gasteiger charge is -2.16. The summed E-state index contributed by atoms with van der Waals surface area (Å²) < 4.78 is 5.04. The number of hydrogen-bond acceptors (Lipinski definition) is 4. The molecule has 6 nitrogen and oxygen atoms in total. The van der Waals surface area contributed by atoms with Gasteiger partial charge in [0.05, 0.1) is 6.10 Å². The molecule has 16 heavy (non-hydrogen) atoms. The second-order valence-corrected chi connectivity index (χ2v) is 3.42. The van der Waals surface area contributed by atoms with Crippen molar-refractivity contribution in [1.82, 2.24) is 5.32 Å². The predicted molar refractivity (Wildman–Crippen MR) is 57.0 cm³/mol. The Morgan fingerprint density at radius 3 is 2.50 bits per heavy atom. The summed E-state index contributed by atoms with van der Waals surface area (Å²) in [7, 11) is 0. The first kappa shape index (κ1) is 14.9. The Bertz CT molecular complexity index is 229. The van der Waals surface area contributed by atoms with Gasteiger partial charge in [-0.15, -0.1) is 0 Å². The molecule has 0 heterocycles. The molecule has 0 bridgehead atoms. The standard InChI is InChI=1S/C10H19NO5/c1-3-16-6-4-5-8(13)11-9(7(2)12)10(14)15/h7,9,12H,3-6H2,1-2H3,(H,11,13)(H,14,15). The summed E-state index contributed by atoms with van der Waals surface area (Å²) in [4.78, 5) is 21.9. The maximum Gasteiger partial charge on any atom is 0.328 e. The molecule has 0 fully saturated rings. The quantitative estimate of drug-likeness (QED) is 0.502. The number of amides is 1. The van der Waals surface area contributed by atoms with Crippen molar-refractivity contribution in [3.05, 3.63) is 0 Å². The third kappa shape index (κ3) is 6.36. The molecule has 1 amide bonds. The molecular weight excluding hydrogens is 214 g/mol. The van der Waals surface area contributed by atoms with Gasteiger partial charge in [-0.2, -0.15) is 0 Å². The molecule has 0 aromatic rings. The number of carboxylic acid groups (broad SMARTS) is 1. The number of ether oxygens (including phenoxy) is 1. The van der Waals surface area contributed by atoms with Crippen LogP contribution in [0.1, 0.15) is 26.7 Å². The molecule has 6 heteroatoms. The van der Waals surface area contributed by atoms with Gasteiger partial charge in [-0.3, -0.25) is 4.79 Å². The van der Waals surface area contributed by atoms with Gasteiger partial charge in [-0.25, -0.2) is 4.79 Å². The molecule has 0 rings (SSSR count). The Morgan fingerprint density at radius 1 is 1.44 bits per heavy atom. The summed E-state index contributed by atoms with van der Waals surface area (Å²) in [6, 6.07) is -1.25. The number of rotatable bonds is 8. The first-order chi connectivity index (χ1) is 7.49. The Labute approximate surface area is 94.6 Å². The maximum absolute atomic E-state index is 11.3. The molecule has 3 N–H and O–H groups in total. The highest BCUT2D eigenvalue weighted by atomic mass is 16.5. The van der Waals surface area contributed by atoms with Crippen molar-refractivity contribution in [2.45, 2.75) is 38.8 Å². The maximum atomic E-state index is 11.3. The summed E-state index contributed by atoms with van der Waals surface area (Å²) in [5, 5.41) is 20.1. The van der Waals surface area contributed by atoms with E-state index >= 15 is 0 Å². The number of aliphatic carboxylic acids is 1. The third-order valence-electron chi connectivity index (χ3n) is 1.96. The largest absolute Gasteiger partial charge is 0.480 e. The Hall–Kier alpha value is -1.14. The second kappa shape index (κ2) is 8.06. The van der Waals surface area contributed by atoms with Crippen LogP contribution in [0.4, 0.5) is 0 Å². The van der Waals surface area contributed by atoms with Crippen LogP contribution in [-0.4, -0.2) is 47.4 Å². The monoisotopic (exact) mass is 233 g/mol. The van der Waals surface area contributed by atoms with E-state index in [0.717, 1.165) is 0 Å². The highest BCUT2D eigenvalue weighted by molar-refractivity contribution is 5.83. The van der Waals surface area contributed by atoms with Crippen molar-refractivity contribution >= 4 is 11.9 Å². The summed E-state index contributed by atoms with van der Waals surface area (Å²) in [6.45, 7) is 4.23. The zero-order chi connectivity index (χ0) is 12.6. The van der Waals surface area contributed by atoms with Crippen LogP contribution in [0.3, 0.4) is 0 Å². The molecule has 94 valence electrons. The van der Waals surface area contributed by atoms with E-state index < -0.39 is 24.0 Å². The Kier molecular flexibility index (Phi) is 7.49. The number of carbonyl (C=O) groups is 2. The summed E-state index contributed by atoms with van der Waals surface area (Å²) in [5.41, 5.74) is 0. The van der Waals surface area contributed by atoms with Gasteiger partial charge in [0, 0.05) is 19.6 Å². The first-order valence-electron chi connectivity index (χ1n) is 5.27. The van der Waals surface area contributed by atoms with Gasteiger partial charge in [-0.05, 0) is 20.3 Å². The van der Waals surface area contributed by atoms with Gasteiger partial charge < -0.3 is 20.3 Å². The van der Waals surface area contributed by atoms with Crippen LogP contribution in [0.15, 0.2) is 0 Å². The zero-order valence-electron chi connectivity index (χ0n) is 9.60. The van der Waals surface area contributed by atoms with E-state index in [1.165, 1.54) is 6.92 Å². The van der Waals surface area contributed by atoms with Gasteiger partial charge in [0.2, 0.25) is 5.91 Å². The molecule has 0 aromatic heterocycles. The van der Waals surface area contributed by atoms with Crippen molar-refractivity contribution in [3.8, 4) is 0 Å². The molecule has 0 aliphatic rings. The highest BCUT2D eigenvalue weighted by Gasteiger charge is 2.24. The van der Waals surface area contributed by atoms with Crippen molar-refractivity contribution in [2.24, 2.45) is 0 Å². The van der Waals surface area contributed by atoms with Gasteiger partial charge in [-0.1, -0.05) is 0 Å². The predicted octanol–water partition coefficient (Wildman–Crippen LogP) is -0.247. The van der Waals surface area contributed by atoms with Gasteiger partial charge in [0.25, 0.3) is 0 Å². The number of nitrogens with one attached hydrogen (secondary N) is 1. The summed E-state index contributed by atoms with van der Waals surface area (Å²) >= 11 is 0. The smallest absolute Gasteiger partial charge is 0.328 e. The minimum atomic E-state index is -1.25. The lowest BCUT2D eigenvalue weighted by atomic mass is 10.1. The van der Waals surface area contributed by atoms with Crippen molar-refractivity contribution in [1.29, 1.82) is 0 Å². The molecule has 0 saturated heterocycles. The van der Waals surface area contributed by atoms with E-state index in [1.54, 1.807) is 0 Å². The first-order valence-corrected chi connectivity index (χ1v) is 5.27. The van der Waals surface area contributed by atoms with Crippen molar-refractivity contribution in [2.75, 3.05) is 13.2 Å². The third-order valence-corrected chi connectivity index (χ3v) is 1.96. The van der Waals surface area contributed by atoms with Gasteiger partial charge >= 0.3 is 5.97 Å². The molecule has 0 aliphatic heterocycles. The van der Waals surface area contributed by atoms with E-state index in [9.17, 15) is 9.59 Å². The molecule has 0 aromatic carbocycles. The summed E-state index contributed by atoms with van der Waals surface area (Å²) in [6.07, 6.45) is -0.393. The lowest BCUT2D eigenvalue weighted by molar-refractivity contribution is -0.144. The lowest BCUT2D eigenvalue weighted by Crippen LogP contribution is -2.47. The Balaban J connectivity index is 3.87. The molecule has 0 aliphatic carbocycles. The number of aliphatic hydroxyl groups is 1. The minimum Gasteiger partial charge on any atom is -0.480 e. The van der Waals surface area contributed by atoms with Crippen molar-refractivity contribution < 1.29 is 24.5 Å². The van der Waals surface area contributed by atoms with E-state index in [0.29, 0.717) is 19.6 Å². The number of aliphatic hydroxyl groups excluding tert-OH is 1. The van der Waals surface area contributed by atoms with Gasteiger partial charge in [0.1, 0.15) is 0 Å². The molecule has 2 atom stereocenters. The van der Waals surface area contributed by atoms with Crippen LogP contribution in [0.2, 0.25) is 0 Å². The van der Waals surface area contributed by atoms with E-state index in [-0.39, 0.29) is 6.42 Å². The zero-order valence-corrected chi connectivity index (χ0v) is 9.60. The van der Waals surface area contributed by atoms with Crippen LogP contribution in [0.5, 0.6) is 0 Å². The fraction of sp³-hybridized carbons (Fsp3) is 0.800. The minimum absolute atomic E-state index is 0.191. The molecular formula is C10H19NO5. The van der Waals surface area contributed by atoms with Crippen LogP contribution in [0.25, 0.3) is 0 Å². The Morgan fingerprint density at radius 2 is 2.06 bits per heavy atom. The van der Waals surface area contributed by atoms with E-state index in [2.05, 4.69) is 5.32 Å². The fourth-order valence-electron chi connectivity index (χ4n) is 1.11. The van der Waals surface area contributed by atoms with Crippen molar-refractivity contribution in [3.63, 3.8) is 0 Å². The van der Waals surface area contributed by atoms with E-state index in [1.807, 2.05) is 6.92 Å². The van der Waals surface area contributed by atoms with E-state index in [4.69, 9.17) is 14.9 Å². The average molecular weight is 233 g/mol. The SMILES string of the molecule is CCOCCCC(=O)NC(C(=O)O)C(C)O. The number of carbonyl (C=O) groups excluding carboxylic acids is 1. The molecule has 0 radical (unpaired) electrons. The molecule has 0 spiro atoms.